The largest absolute Gasteiger partial charge is 0.391 e. The third-order valence-electron chi connectivity index (χ3n) is 2.20. The SMILES string of the molecule is CC(NC(N)=O)C(=O)N1CCC(O)C1. The molecule has 0 saturated carbocycles. The van der Waals surface area contributed by atoms with Gasteiger partial charge in [0, 0.05) is 13.1 Å². The molecule has 14 heavy (non-hydrogen) atoms. The molecule has 1 aliphatic heterocycles. The van der Waals surface area contributed by atoms with Crippen molar-refractivity contribution < 1.29 is 14.7 Å². The van der Waals surface area contributed by atoms with Crippen LogP contribution < -0.4 is 11.1 Å². The zero-order valence-corrected chi connectivity index (χ0v) is 8.06. The van der Waals surface area contributed by atoms with E-state index >= 15 is 0 Å². The van der Waals surface area contributed by atoms with Crippen molar-refractivity contribution in [1.29, 1.82) is 0 Å². The summed E-state index contributed by atoms with van der Waals surface area (Å²) in [5.74, 6) is -0.208. The Morgan fingerprint density at radius 1 is 1.64 bits per heavy atom. The minimum absolute atomic E-state index is 0.208. The summed E-state index contributed by atoms with van der Waals surface area (Å²) in [6, 6.07) is -1.34. The van der Waals surface area contributed by atoms with Crippen molar-refractivity contribution in [2.45, 2.75) is 25.5 Å². The standard InChI is InChI=1S/C8H15N3O3/c1-5(10-8(9)14)7(13)11-3-2-6(12)4-11/h5-6,12H,2-4H2,1H3,(H3,9,10,14). The number of aliphatic hydroxyl groups is 1. The number of nitrogens with two attached hydrogens (primary N) is 1. The van der Waals surface area contributed by atoms with Gasteiger partial charge in [-0.15, -0.1) is 0 Å². The average molecular weight is 201 g/mol. The Morgan fingerprint density at radius 3 is 2.71 bits per heavy atom. The van der Waals surface area contributed by atoms with Crippen LogP contribution in [0.25, 0.3) is 0 Å². The van der Waals surface area contributed by atoms with E-state index in [4.69, 9.17) is 5.73 Å². The van der Waals surface area contributed by atoms with Gasteiger partial charge in [0.05, 0.1) is 6.10 Å². The maximum atomic E-state index is 11.6. The third-order valence-corrected chi connectivity index (χ3v) is 2.20. The lowest BCUT2D eigenvalue weighted by Gasteiger charge is -2.20. The van der Waals surface area contributed by atoms with E-state index in [9.17, 15) is 14.7 Å². The molecule has 0 aromatic heterocycles. The van der Waals surface area contributed by atoms with Crippen LogP contribution in [-0.2, 0) is 4.79 Å². The van der Waals surface area contributed by atoms with Crippen molar-refractivity contribution in [2.24, 2.45) is 5.73 Å². The molecule has 2 atom stereocenters. The van der Waals surface area contributed by atoms with Crippen LogP contribution >= 0.6 is 0 Å². The molecule has 6 nitrogen and oxygen atoms in total. The van der Waals surface area contributed by atoms with E-state index in [0.717, 1.165) is 0 Å². The van der Waals surface area contributed by atoms with Crippen molar-refractivity contribution in [3.05, 3.63) is 0 Å². The molecule has 1 aliphatic rings. The van der Waals surface area contributed by atoms with Gasteiger partial charge in [0.15, 0.2) is 0 Å². The topological polar surface area (TPSA) is 95.7 Å². The molecule has 80 valence electrons. The van der Waals surface area contributed by atoms with Gasteiger partial charge in [-0.1, -0.05) is 0 Å². The highest BCUT2D eigenvalue weighted by molar-refractivity contribution is 5.86. The molecule has 0 radical (unpaired) electrons. The van der Waals surface area contributed by atoms with Crippen molar-refractivity contribution >= 4 is 11.9 Å². The number of β-amino-alcohol motifs (C(OH)–C–C–N with tert-alkyl or cyclic N) is 1. The minimum Gasteiger partial charge on any atom is -0.391 e. The van der Waals surface area contributed by atoms with Crippen LogP contribution in [0, 0.1) is 0 Å². The van der Waals surface area contributed by atoms with Gasteiger partial charge in [0.1, 0.15) is 6.04 Å². The van der Waals surface area contributed by atoms with Crippen molar-refractivity contribution in [1.82, 2.24) is 10.2 Å². The van der Waals surface area contributed by atoms with Crippen LogP contribution in [0.5, 0.6) is 0 Å². The molecule has 0 bridgehead atoms. The number of urea groups is 1. The summed E-state index contributed by atoms with van der Waals surface area (Å²) in [7, 11) is 0. The first-order valence-electron chi connectivity index (χ1n) is 4.53. The molecule has 3 amide bonds. The Hall–Kier alpha value is -1.30. The fraction of sp³-hybridized carbons (Fsp3) is 0.750. The van der Waals surface area contributed by atoms with Crippen LogP contribution in [0.1, 0.15) is 13.3 Å². The predicted molar refractivity (Wildman–Crippen MR) is 49.4 cm³/mol. The fourth-order valence-electron chi connectivity index (χ4n) is 1.49. The zero-order valence-electron chi connectivity index (χ0n) is 8.06. The zero-order chi connectivity index (χ0) is 10.7. The highest BCUT2D eigenvalue weighted by atomic mass is 16.3. The molecule has 4 N–H and O–H groups in total. The number of amides is 3. The molecular weight excluding hydrogens is 186 g/mol. The van der Waals surface area contributed by atoms with Crippen molar-refractivity contribution in [3.63, 3.8) is 0 Å². The smallest absolute Gasteiger partial charge is 0.312 e. The van der Waals surface area contributed by atoms with E-state index in [1.165, 1.54) is 4.90 Å². The van der Waals surface area contributed by atoms with Crippen LogP contribution in [0.3, 0.4) is 0 Å². The highest BCUT2D eigenvalue weighted by Gasteiger charge is 2.27. The Bertz CT molecular complexity index is 244. The molecule has 0 aliphatic carbocycles. The number of hydrogen-bond donors (Lipinski definition) is 3. The van der Waals surface area contributed by atoms with Gasteiger partial charge in [0.25, 0.3) is 0 Å². The quantitative estimate of drug-likeness (QED) is 0.514. The first kappa shape index (κ1) is 10.8. The third kappa shape index (κ3) is 2.59. The maximum Gasteiger partial charge on any atom is 0.312 e. The van der Waals surface area contributed by atoms with Crippen LogP contribution in [0.4, 0.5) is 4.79 Å². The summed E-state index contributed by atoms with van der Waals surface area (Å²) in [4.78, 5) is 23.6. The fourth-order valence-corrected chi connectivity index (χ4v) is 1.49. The summed E-state index contributed by atoms with van der Waals surface area (Å²) in [5, 5.41) is 11.5. The van der Waals surface area contributed by atoms with Gasteiger partial charge in [-0.3, -0.25) is 4.79 Å². The Morgan fingerprint density at radius 2 is 2.29 bits per heavy atom. The van der Waals surface area contributed by atoms with Gasteiger partial charge in [0.2, 0.25) is 5.91 Å². The number of nitrogens with one attached hydrogen (secondary N) is 1. The number of carbonyl (C=O) groups excluding carboxylic acids is 2. The lowest BCUT2D eigenvalue weighted by atomic mass is 10.3. The molecule has 2 unspecified atom stereocenters. The number of nitrogens with zero attached hydrogens (tertiary/aromatic N) is 1. The number of aliphatic hydroxyl groups excluding tert-OH is 1. The number of rotatable bonds is 2. The Labute approximate surface area is 82.1 Å². The Balaban J connectivity index is 2.44. The molecule has 0 aromatic rings. The maximum absolute atomic E-state index is 11.6. The highest BCUT2D eigenvalue weighted by Crippen LogP contribution is 2.09. The van der Waals surface area contributed by atoms with Crippen molar-refractivity contribution in [3.8, 4) is 0 Å². The second-order valence-corrected chi connectivity index (χ2v) is 3.46. The molecule has 0 aromatic carbocycles. The minimum atomic E-state index is -0.717. The lowest BCUT2D eigenvalue weighted by molar-refractivity contribution is -0.132. The number of primary amides is 1. The normalized spacial score (nSPS) is 23.3. The van der Waals surface area contributed by atoms with E-state index in [0.29, 0.717) is 19.5 Å². The molecule has 6 heteroatoms. The van der Waals surface area contributed by atoms with Crippen LogP contribution in [0.15, 0.2) is 0 Å². The predicted octanol–water partition coefficient (Wildman–Crippen LogP) is -1.36. The number of carbonyl (C=O) groups is 2. The van der Waals surface area contributed by atoms with Gasteiger partial charge >= 0.3 is 6.03 Å². The number of likely N-dealkylation sites (tertiary alicyclic amines) is 1. The summed E-state index contributed by atoms with van der Waals surface area (Å²) < 4.78 is 0. The second kappa shape index (κ2) is 4.28. The molecule has 1 heterocycles. The van der Waals surface area contributed by atoms with Crippen LogP contribution in [0.2, 0.25) is 0 Å². The van der Waals surface area contributed by atoms with Gasteiger partial charge in [-0.2, -0.15) is 0 Å². The van der Waals surface area contributed by atoms with Crippen molar-refractivity contribution in [2.75, 3.05) is 13.1 Å². The van der Waals surface area contributed by atoms with Crippen LogP contribution in [-0.4, -0.2) is 47.2 Å². The first-order valence-corrected chi connectivity index (χ1v) is 4.53. The van der Waals surface area contributed by atoms with E-state index in [2.05, 4.69) is 5.32 Å². The second-order valence-electron chi connectivity index (χ2n) is 3.46. The molecule has 1 rings (SSSR count). The summed E-state index contributed by atoms with van der Waals surface area (Å²) in [6.07, 6.45) is 0.148. The number of hydrogen-bond acceptors (Lipinski definition) is 3. The van der Waals surface area contributed by atoms with Gasteiger partial charge in [-0.05, 0) is 13.3 Å². The average Bonchev–Trinajstić information content (AvgIpc) is 2.49. The van der Waals surface area contributed by atoms with E-state index in [-0.39, 0.29) is 5.91 Å². The molecule has 1 saturated heterocycles. The molecule has 1 fully saturated rings. The summed E-state index contributed by atoms with van der Waals surface area (Å²) in [6.45, 7) is 2.44. The first-order chi connectivity index (χ1) is 6.50. The van der Waals surface area contributed by atoms with E-state index in [1.54, 1.807) is 6.92 Å². The van der Waals surface area contributed by atoms with Gasteiger partial charge in [-0.25, -0.2) is 4.79 Å². The summed E-state index contributed by atoms with van der Waals surface area (Å²) >= 11 is 0. The molecule has 0 spiro atoms. The van der Waals surface area contributed by atoms with Gasteiger partial charge < -0.3 is 21.1 Å². The van der Waals surface area contributed by atoms with E-state index < -0.39 is 18.2 Å². The summed E-state index contributed by atoms with van der Waals surface area (Å²) in [5.41, 5.74) is 4.89. The monoisotopic (exact) mass is 201 g/mol. The Kier molecular flexibility index (Phi) is 3.29. The molecular formula is C8H15N3O3. The lowest BCUT2D eigenvalue weighted by Crippen LogP contribution is -2.48. The van der Waals surface area contributed by atoms with E-state index in [1.807, 2.05) is 0 Å².